The van der Waals surface area contributed by atoms with Crippen LogP contribution in [0.4, 0.5) is 5.82 Å². The molecule has 13 heavy (non-hydrogen) atoms. The van der Waals surface area contributed by atoms with Crippen LogP contribution >= 0.6 is 0 Å². The summed E-state index contributed by atoms with van der Waals surface area (Å²) in [5, 5.41) is 9.92. The molecule has 6 heteroatoms. The van der Waals surface area contributed by atoms with Crippen molar-refractivity contribution < 1.29 is 9.53 Å². The Morgan fingerprint density at radius 2 is 2.46 bits per heavy atom. The van der Waals surface area contributed by atoms with Crippen molar-refractivity contribution in [3.8, 4) is 0 Å². The van der Waals surface area contributed by atoms with Crippen LogP contribution in [0.5, 0.6) is 0 Å². The molecule has 0 spiro atoms. The van der Waals surface area contributed by atoms with Crippen LogP contribution < -0.4 is 5.32 Å². The summed E-state index contributed by atoms with van der Waals surface area (Å²) >= 11 is 0. The zero-order chi connectivity index (χ0) is 9.84. The first-order chi connectivity index (χ1) is 6.13. The van der Waals surface area contributed by atoms with E-state index in [1.54, 1.807) is 20.2 Å². The van der Waals surface area contributed by atoms with E-state index in [0.29, 0.717) is 5.82 Å². The molecule has 1 unspecified atom stereocenters. The van der Waals surface area contributed by atoms with Crippen LogP contribution in [-0.2, 0) is 16.6 Å². The van der Waals surface area contributed by atoms with Crippen molar-refractivity contribution in [1.82, 2.24) is 15.0 Å². The number of carbonyl (C=O) groups excluding carboxylic acids is 1. The molecule has 72 valence electrons. The predicted octanol–water partition coefficient (Wildman–Crippen LogP) is -0.212. The number of aryl methyl sites for hydroxylation is 1. The van der Waals surface area contributed by atoms with Crippen LogP contribution in [-0.4, -0.2) is 34.1 Å². The number of aromatic nitrogens is 3. The zero-order valence-electron chi connectivity index (χ0n) is 7.81. The van der Waals surface area contributed by atoms with E-state index in [4.69, 9.17) is 4.74 Å². The Hall–Kier alpha value is -1.43. The molecule has 0 radical (unpaired) electrons. The van der Waals surface area contributed by atoms with Crippen LogP contribution in [0.15, 0.2) is 6.20 Å². The van der Waals surface area contributed by atoms with Crippen molar-refractivity contribution in [2.45, 2.75) is 13.0 Å². The Kier molecular flexibility index (Phi) is 2.97. The minimum absolute atomic E-state index is 0.233. The standard InChI is InChI=1S/C7H12N4O2/c1-5(13-3)7(12)8-6-4-11(2)10-9-6/h4-5H,1-3H3,(H,8,12). The van der Waals surface area contributed by atoms with Crippen molar-refractivity contribution in [2.75, 3.05) is 12.4 Å². The fourth-order valence-corrected chi connectivity index (χ4v) is 0.740. The van der Waals surface area contributed by atoms with Gasteiger partial charge in [-0.3, -0.25) is 9.48 Å². The average molecular weight is 184 g/mol. The van der Waals surface area contributed by atoms with Gasteiger partial charge in [-0.15, -0.1) is 5.10 Å². The second-order valence-corrected chi connectivity index (χ2v) is 2.64. The average Bonchev–Trinajstić information content (AvgIpc) is 2.49. The van der Waals surface area contributed by atoms with Crippen LogP contribution in [0.2, 0.25) is 0 Å². The largest absolute Gasteiger partial charge is 0.372 e. The highest BCUT2D eigenvalue weighted by atomic mass is 16.5. The van der Waals surface area contributed by atoms with Crippen molar-refractivity contribution >= 4 is 11.7 Å². The first-order valence-electron chi connectivity index (χ1n) is 3.83. The van der Waals surface area contributed by atoms with Gasteiger partial charge in [0.15, 0.2) is 5.82 Å². The molecule has 0 aliphatic carbocycles. The van der Waals surface area contributed by atoms with Gasteiger partial charge in [0.1, 0.15) is 6.10 Å². The van der Waals surface area contributed by atoms with Gasteiger partial charge < -0.3 is 10.1 Å². The number of carbonyl (C=O) groups is 1. The lowest BCUT2D eigenvalue weighted by Crippen LogP contribution is -2.26. The molecule has 1 amide bonds. The third-order valence-corrected chi connectivity index (χ3v) is 1.58. The lowest BCUT2D eigenvalue weighted by atomic mass is 10.4. The number of rotatable bonds is 3. The zero-order valence-corrected chi connectivity index (χ0v) is 7.81. The second kappa shape index (κ2) is 3.99. The summed E-state index contributed by atoms with van der Waals surface area (Å²) in [6.45, 7) is 1.66. The summed E-state index contributed by atoms with van der Waals surface area (Å²) < 4.78 is 6.33. The number of ether oxygens (including phenoxy) is 1. The number of hydrogen-bond acceptors (Lipinski definition) is 4. The first-order valence-corrected chi connectivity index (χ1v) is 3.83. The van der Waals surface area contributed by atoms with Gasteiger partial charge in [-0.05, 0) is 6.92 Å². The Labute approximate surface area is 75.9 Å². The minimum Gasteiger partial charge on any atom is -0.372 e. The quantitative estimate of drug-likeness (QED) is 0.705. The van der Waals surface area contributed by atoms with E-state index in [1.165, 1.54) is 11.8 Å². The molecule has 0 aromatic carbocycles. The second-order valence-electron chi connectivity index (χ2n) is 2.64. The fraction of sp³-hybridized carbons (Fsp3) is 0.571. The maximum absolute atomic E-state index is 11.2. The molecule has 6 nitrogen and oxygen atoms in total. The molecule has 1 aromatic heterocycles. The first kappa shape index (κ1) is 9.66. The SMILES string of the molecule is COC(C)C(=O)Nc1cn(C)nn1. The Morgan fingerprint density at radius 1 is 1.77 bits per heavy atom. The fourth-order valence-electron chi connectivity index (χ4n) is 0.740. The smallest absolute Gasteiger partial charge is 0.254 e. The van der Waals surface area contributed by atoms with Crippen LogP contribution in [0, 0.1) is 0 Å². The van der Waals surface area contributed by atoms with Crippen LogP contribution in [0.1, 0.15) is 6.92 Å². The van der Waals surface area contributed by atoms with Crippen molar-refractivity contribution in [1.29, 1.82) is 0 Å². The normalized spacial score (nSPS) is 12.5. The number of nitrogens with one attached hydrogen (secondary N) is 1. The number of methoxy groups -OCH3 is 1. The van der Waals surface area contributed by atoms with Gasteiger partial charge in [0.05, 0.1) is 6.20 Å². The number of nitrogens with zero attached hydrogens (tertiary/aromatic N) is 3. The maximum atomic E-state index is 11.2. The van der Waals surface area contributed by atoms with Crippen molar-refractivity contribution in [3.63, 3.8) is 0 Å². The summed E-state index contributed by atoms with van der Waals surface area (Å²) in [5.41, 5.74) is 0. The molecule has 0 aliphatic heterocycles. The molecule has 1 N–H and O–H groups in total. The molecule has 0 saturated carbocycles. The predicted molar refractivity (Wildman–Crippen MR) is 46.1 cm³/mol. The topological polar surface area (TPSA) is 69.0 Å². The third kappa shape index (κ3) is 2.51. The van der Waals surface area contributed by atoms with Gasteiger partial charge in [0, 0.05) is 14.2 Å². The molecule has 1 aromatic rings. The highest BCUT2D eigenvalue weighted by Crippen LogP contribution is 2.00. The van der Waals surface area contributed by atoms with E-state index in [1.807, 2.05) is 0 Å². The lowest BCUT2D eigenvalue weighted by molar-refractivity contribution is -0.124. The lowest BCUT2D eigenvalue weighted by Gasteiger charge is -2.07. The number of amides is 1. The summed E-state index contributed by atoms with van der Waals surface area (Å²) in [6, 6.07) is 0. The van der Waals surface area contributed by atoms with E-state index in [9.17, 15) is 4.79 Å². The molecule has 0 fully saturated rings. The van der Waals surface area contributed by atoms with Gasteiger partial charge in [-0.1, -0.05) is 5.21 Å². The van der Waals surface area contributed by atoms with E-state index in [-0.39, 0.29) is 5.91 Å². The summed E-state index contributed by atoms with van der Waals surface area (Å²) in [7, 11) is 3.20. The highest BCUT2D eigenvalue weighted by molar-refractivity contribution is 5.92. The molecule has 1 atom stereocenters. The van der Waals surface area contributed by atoms with E-state index in [2.05, 4.69) is 15.6 Å². The van der Waals surface area contributed by atoms with Crippen LogP contribution in [0.3, 0.4) is 0 Å². The molecular formula is C7H12N4O2. The van der Waals surface area contributed by atoms with E-state index in [0.717, 1.165) is 0 Å². The van der Waals surface area contributed by atoms with Gasteiger partial charge in [-0.25, -0.2) is 0 Å². The van der Waals surface area contributed by atoms with Gasteiger partial charge >= 0.3 is 0 Å². The van der Waals surface area contributed by atoms with Crippen molar-refractivity contribution in [3.05, 3.63) is 6.20 Å². The van der Waals surface area contributed by atoms with Crippen molar-refractivity contribution in [2.24, 2.45) is 7.05 Å². The summed E-state index contributed by atoms with van der Waals surface area (Å²) in [6.07, 6.45) is 1.13. The Bertz CT molecular complexity index is 296. The van der Waals surface area contributed by atoms with Gasteiger partial charge in [0.2, 0.25) is 0 Å². The molecule has 1 heterocycles. The highest BCUT2D eigenvalue weighted by Gasteiger charge is 2.12. The van der Waals surface area contributed by atoms with E-state index < -0.39 is 6.10 Å². The maximum Gasteiger partial charge on any atom is 0.254 e. The van der Waals surface area contributed by atoms with Gasteiger partial charge in [0.25, 0.3) is 5.91 Å². The Morgan fingerprint density at radius 3 is 2.92 bits per heavy atom. The number of anilines is 1. The third-order valence-electron chi connectivity index (χ3n) is 1.58. The van der Waals surface area contributed by atoms with Crippen LogP contribution in [0.25, 0.3) is 0 Å². The number of hydrogen-bond donors (Lipinski definition) is 1. The molecule has 0 saturated heterocycles. The van der Waals surface area contributed by atoms with E-state index >= 15 is 0 Å². The summed E-state index contributed by atoms with van der Waals surface area (Å²) in [4.78, 5) is 11.2. The minimum atomic E-state index is -0.484. The molecule has 0 bridgehead atoms. The van der Waals surface area contributed by atoms with Gasteiger partial charge in [-0.2, -0.15) is 0 Å². The molecular weight excluding hydrogens is 172 g/mol. The molecule has 0 aliphatic rings. The molecule has 1 rings (SSSR count). The summed E-state index contributed by atoms with van der Waals surface area (Å²) in [5.74, 6) is 0.194. The Balaban J connectivity index is 2.54. The monoisotopic (exact) mass is 184 g/mol.